The molecule has 0 saturated carbocycles. The first-order chi connectivity index (χ1) is 11.6. The van der Waals surface area contributed by atoms with Gasteiger partial charge in [-0.2, -0.15) is 5.10 Å². The standard InChI is InChI=1S/C17H11FN4OS/c18-12-4-3-10(8-13(12)19)14-5-6-20-17-11(9-21-22(14)17)16(23)15-2-1-7-24-15/h1-9H,19H2. The Morgan fingerprint density at radius 3 is 2.88 bits per heavy atom. The average Bonchev–Trinajstić information content (AvgIpc) is 3.26. The molecule has 0 spiro atoms. The Kier molecular flexibility index (Phi) is 3.35. The number of nitrogens with zero attached hydrogens (tertiary/aromatic N) is 3. The molecule has 0 amide bonds. The van der Waals surface area contributed by atoms with Crippen molar-refractivity contribution in [2.45, 2.75) is 0 Å². The number of anilines is 1. The Morgan fingerprint density at radius 1 is 1.25 bits per heavy atom. The van der Waals surface area contributed by atoms with Gasteiger partial charge >= 0.3 is 0 Å². The highest BCUT2D eigenvalue weighted by atomic mass is 32.1. The number of thiophene rings is 1. The number of aromatic nitrogens is 3. The molecule has 2 N–H and O–H groups in total. The van der Waals surface area contributed by atoms with Gasteiger partial charge in [0.1, 0.15) is 5.82 Å². The maximum Gasteiger partial charge on any atom is 0.208 e. The van der Waals surface area contributed by atoms with E-state index in [2.05, 4.69) is 10.1 Å². The lowest BCUT2D eigenvalue weighted by molar-refractivity contribution is 0.104. The zero-order valence-corrected chi connectivity index (χ0v) is 13.1. The van der Waals surface area contributed by atoms with Crippen LogP contribution in [0.15, 0.2) is 54.2 Å². The lowest BCUT2D eigenvalue weighted by Crippen LogP contribution is -2.01. The molecule has 0 radical (unpaired) electrons. The van der Waals surface area contributed by atoms with Crippen molar-refractivity contribution in [1.82, 2.24) is 14.6 Å². The van der Waals surface area contributed by atoms with Gasteiger partial charge in [-0.05, 0) is 35.7 Å². The molecule has 0 unspecified atom stereocenters. The van der Waals surface area contributed by atoms with E-state index in [1.54, 1.807) is 28.9 Å². The molecular formula is C17H11FN4OS. The van der Waals surface area contributed by atoms with Crippen molar-refractivity contribution in [3.63, 3.8) is 0 Å². The van der Waals surface area contributed by atoms with Crippen LogP contribution in [0, 0.1) is 5.82 Å². The van der Waals surface area contributed by atoms with E-state index in [0.29, 0.717) is 27.3 Å². The van der Waals surface area contributed by atoms with E-state index in [-0.39, 0.29) is 11.5 Å². The maximum atomic E-state index is 13.4. The van der Waals surface area contributed by atoms with Crippen molar-refractivity contribution in [2.24, 2.45) is 0 Å². The first kappa shape index (κ1) is 14.5. The minimum atomic E-state index is -0.474. The number of hydrogen-bond acceptors (Lipinski definition) is 5. The Balaban J connectivity index is 1.88. The fraction of sp³-hybridized carbons (Fsp3) is 0. The third kappa shape index (κ3) is 2.26. The first-order valence-electron chi connectivity index (χ1n) is 7.11. The summed E-state index contributed by atoms with van der Waals surface area (Å²) in [5.74, 6) is -0.596. The number of carbonyl (C=O) groups excluding carboxylic acids is 1. The number of benzene rings is 1. The van der Waals surface area contributed by atoms with Gasteiger partial charge in [-0.1, -0.05) is 6.07 Å². The van der Waals surface area contributed by atoms with Crippen LogP contribution in [-0.4, -0.2) is 20.4 Å². The van der Waals surface area contributed by atoms with E-state index < -0.39 is 5.82 Å². The van der Waals surface area contributed by atoms with Gasteiger partial charge in [-0.15, -0.1) is 11.3 Å². The topological polar surface area (TPSA) is 73.3 Å². The Hall–Kier alpha value is -3.06. The molecule has 0 bridgehead atoms. The van der Waals surface area contributed by atoms with Crippen LogP contribution in [0.3, 0.4) is 0 Å². The number of fused-ring (bicyclic) bond motifs is 1. The second-order valence-corrected chi connectivity index (χ2v) is 6.11. The third-order valence-electron chi connectivity index (χ3n) is 3.68. The summed E-state index contributed by atoms with van der Waals surface area (Å²) in [5, 5.41) is 6.13. The molecule has 0 atom stereocenters. The van der Waals surface area contributed by atoms with E-state index in [1.165, 1.54) is 29.7 Å². The fourth-order valence-corrected chi connectivity index (χ4v) is 3.19. The summed E-state index contributed by atoms with van der Waals surface area (Å²) in [6.07, 6.45) is 3.10. The first-order valence-corrected chi connectivity index (χ1v) is 7.99. The number of nitrogens with two attached hydrogens (primary N) is 1. The second-order valence-electron chi connectivity index (χ2n) is 5.17. The minimum absolute atomic E-state index is 0.0551. The van der Waals surface area contributed by atoms with Crippen LogP contribution < -0.4 is 5.73 Å². The largest absolute Gasteiger partial charge is 0.396 e. The van der Waals surface area contributed by atoms with E-state index in [4.69, 9.17) is 5.73 Å². The van der Waals surface area contributed by atoms with Crippen LogP contribution in [-0.2, 0) is 0 Å². The molecule has 3 heterocycles. The summed E-state index contributed by atoms with van der Waals surface area (Å²) in [6.45, 7) is 0. The van der Waals surface area contributed by atoms with Gasteiger partial charge in [0.2, 0.25) is 5.78 Å². The van der Waals surface area contributed by atoms with Gasteiger partial charge in [0.25, 0.3) is 0 Å². The van der Waals surface area contributed by atoms with Crippen LogP contribution >= 0.6 is 11.3 Å². The van der Waals surface area contributed by atoms with Crippen molar-refractivity contribution in [1.29, 1.82) is 0 Å². The summed E-state index contributed by atoms with van der Waals surface area (Å²) in [6, 6.07) is 9.78. The molecular weight excluding hydrogens is 327 g/mol. The smallest absolute Gasteiger partial charge is 0.208 e. The minimum Gasteiger partial charge on any atom is -0.396 e. The molecule has 4 aromatic rings. The predicted octanol–water partition coefficient (Wildman–Crippen LogP) is 3.41. The zero-order chi connectivity index (χ0) is 16.7. The molecule has 4 rings (SSSR count). The SMILES string of the molecule is Nc1cc(-c2ccnc3c(C(=O)c4cccs4)cnn23)ccc1F. The lowest BCUT2D eigenvalue weighted by Gasteiger charge is -2.06. The number of rotatable bonds is 3. The van der Waals surface area contributed by atoms with Gasteiger partial charge in [-0.3, -0.25) is 4.79 Å². The summed E-state index contributed by atoms with van der Waals surface area (Å²) in [5.41, 5.74) is 7.95. The van der Waals surface area contributed by atoms with Gasteiger partial charge in [0.05, 0.1) is 28.0 Å². The molecule has 0 aliphatic heterocycles. The van der Waals surface area contributed by atoms with Gasteiger partial charge in [-0.25, -0.2) is 13.9 Å². The van der Waals surface area contributed by atoms with Gasteiger partial charge < -0.3 is 5.73 Å². The molecule has 1 aromatic carbocycles. The monoisotopic (exact) mass is 338 g/mol. The van der Waals surface area contributed by atoms with Crippen LogP contribution in [0.1, 0.15) is 15.2 Å². The van der Waals surface area contributed by atoms with Crippen LogP contribution in [0.25, 0.3) is 16.9 Å². The lowest BCUT2D eigenvalue weighted by atomic mass is 10.1. The van der Waals surface area contributed by atoms with E-state index >= 15 is 0 Å². The predicted molar refractivity (Wildman–Crippen MR) is 90.5 cm³/mol. The van der Waals surface area contributed by atoms with Crippen molar-refractivity contribution in [3.8, 4) is 11.3 Å². The van der Waals surface area contributed by atoms with E-state index in [9.17, 15) is 9.18 Å². The Labute approximate surface area is 140 Å². The van der Waals surface area contributed by atoms with Gasteiger partial charge in [0.15, 0.2) is 5.65 Å². The molecule has 7 heteroatoms. The molecule has 0 fully saturated rings. The van der Waals surface area contributed by atoms with Crippen LogP contribution in [0.4, 0.5) is 10.1 Å². The number of halogens is 1. The van der Waals surface area contributed by atoms with Gasteiger partial charge in [0, 0.05) is 11.8 Å². The van der Waals surface area contributed by atoms with Crippen LogP contribution in [0.2, 0.25) is 0 Å². The average molecular weight is 338 g/mol. The third-order valence-corrected chi connectivity index (χ3v) is 4.55. The molecule has 24 heavy (non-hydrogen) atoms. The maximum absolute atomic E-state index is 13.4. The molecule has 0 aliphatic carbocycles. The quantitative estimate of drug-likeness (QED) is 0.459. The fourth-order valence-electron chi connectivity index (χ4n) is 2.51. The van der Waals surface area contributed by atoms with Crippen molar-refractivity contribution in [2.75, 3.05) is 5.73 Å². The molecule has 118 valence electrons. The summed E-state index contributed by atoms with van der Waals surface area (Å²) < 4.78 is 15.0. The highest BCUT2D eigenvalue weighted by molar-refractivity contribution is 7.12. The molecule has 0 aliphatic rings. The van der Waals surface area contributed by atoms with E-state index in [0.717, 1.165) is 0 Å². The van der Waals surface area contributed by atoms with Crippen LogP contribution in [0.5, 0.6) is 0 Å². The molecule has 5 nitrogen and oxygen atoms in total. The number of carbonyl (C=O) groups is 1. The summed E-state index contributed by atoms with van der Waals surface area (Å²) in [7, 11) is 0. The number of nitrogen functional groups attached to an aromatic ring is 1. The highest BCUT2D eigenvalue weighted by Gasteiger charge is 2.18. The van der Waals surface area contributed by atoms with E-state index in [1.807, 2.05) is 11.4 Å². The molecule has 3 aromatic heterocycles. The normalized spacial score (nSPS) is 11.0. The van der Waals surface area contributed by atoms with Crippen molar-refractivity contribution in [3.05, 3.63) is 70.4 Å². The Morgan fingerprint density at radius 2 is 2.12 bits per heavy atom. The van der Waals surface area contributed by atoms with Crippen molar-refractivity contribution < 1.29 is 9.18 Å². The summed E-state index contributed by atoms with van der Waals surface area (Å²) in [4.78, 5) is 17.5. The molecule has 0 saturated heterocycles. The second kappa shape index (κ2) is 5.54. The Bertz CT molecular complexity index is 1060. The number of ketones is 1. The van der Waals surface area contributed by atoms with Crippen molar-refractivity contribution >= 4 is 28.5 Å². The highest BCUT2D eigenvalue weighted by Crippen LogP contribution is 2.25. The summed E-state index contributed by atoms with van der Waals surface area (Å²) >= 11 is 1.37. The zero-order valence-electron chi connectivity index (χ0n) is 12.3. The number of hydrogen-bond donors (Lipinski definition) is 1.